The second-order valence-corrected chi connectivity index (χ2v) is 4.96. The maximum absolute atomic E-state index is 5.64. The summed E-state index contributed by atoms with van der Waals surface area (Å²) in [5.74, 6) is 0.722. The number of ether oxygens (including phenoxy) is 1. The maximum atomic E-state index is 5.64. The molecule has 0 radical (unpaired) electrons. The molecule has 1 aliphatic rings. The molecule has 1 heterocycles. The summed E-state index contributed by atoms with van der Waals surface area (Å²) in [6, 6.07) is 0.647. The van der Waals surface area contributed by atoms with E-state index in [1.165, 1.54) is 32.1 Å². The lowest BCUT2D eigenvalue weighted by Crippen LogP contribution is -2.33. The SMILES string of the molecule is C=CCCCCCC(NC)C1COC(C)C1. The van der Waals surface area contributed by atoms with E-state index in [4.69, 9.17) is 4.74 Å². The molecule has 1 fully saturated rings. The number of allylic oxidation sites excluding steroid dienone is 1. The van der Waals surface area contributed by atoms with Crippen LogP contribution in [-0.4, -0.2) is 25.8 Å². The predicted octanol–water partition coefficient (Wildman–Crippen LogP) is 3.14. The molecule has 2 heteroatoms. The predicted molar refractivity (Wildman–Crippen MR) is 69.7 cm³/mol. The van der Waals surface area contributed by atoms with Crippen LogP contribution in [-0.2, 0) is 4.74 Å². The van der Waals surface area contributed by atoms with Crippen molar-refractivity contribution in [2.24, 2.45) is 5.92 Å². The van der Waals surface area contributed by atoms with E-state index in [1.54, 1.807) is 0 Å². The van der Waals surface area contributed by atoms with Crippen LogP contribution >= 0.6 is 0 Å². The summed E-state index contributed by atoms with van der Waals surface area (Å²) in [4.78, 5) is 0. The number of nitrogens with one attached hydrogen (secondary N) is 1. The fourth-order valence-electron chi connectivity index (χ4n) is 2.58. The zero-order valence-electron chi connectivity index (χ0n) is 10.9. The van der Waals surface area contributed by atoms with Crippen LogP contribution in [0.1, 0.15) is 45.4 Å². The zero-order chi connectivity index (χ0) is 11.8. The average molecular weight is 225 g/mol. The summed E-state index contributed by atoms with van der Waals surface area (Å²) < 4.78 is 5.64. The number of rotatable bonds is 8. The molecule has 1 saturated heterocycles. The minimum atomic E-state index is 0.460. The highest BCUT2D eigenvalue weighted by molar-refractivity contribution is 4.81. The third-order valence-electron chi connectivity index (χ3n) is 3.59. The van der Waals surface area contributed by atoms with E-state index in [2.05, 4.69) is 25.9 Å². The van der Waals surface area contributed by atoms with Gasteiger partial charge in [-0.1, -0.05) is 18.9 Å². The average Bonchev–Trinajstić information content (AvgIpc) is 2.70. The van der Waals surface area contributed by atoms with Gasteiger partial charge in [-0.3, -0.25) is 0 Å². The van der Waals surface area contributed by atoms with Gasteiger partial charge in [0.25, 0.3) is 0 Å². The Morgan fingerprint density at radius 2 is 2.25 bits per heavy atom. The number of hydrogen-bond donors (Lipinski definition) is 1. The van der Waals surface area contributed by atoms with E-state index in [9.17, 15) is 0 Å². The summed E-state index contributed by atoms with van der Waals surface area (Å²) in [5, 5.41) is 3.46. The van der Waals surface area contributed by atoms with E-state index in [0.717, 1.165) is 18.9 Å². The van der Waals surface area contributed by atoms with E-state index < -0.39 is 0 Å². The molecule has 0 aromatic carbocycles. The number of hydrogen-bond acceptors (Lipinski definition) is 2. The Morgan fingerprint density at radius 3 is 2.81 bits per heavy atom. The third-order valence-corrected chi connectivity index (χ3v) is 3.59. The summed E-state index contributed by atoms with van der Waals surface area (Å²) >= 11 is 0. The van der Waals surface area contributed by atoms with E-state index in [1.807, 2.05) is 6.08 Å². The van der Waals surface area contributed by atoms with Crippen LogP contribution in [0.5, 0.6) is 0 Å². The molecule has 0 aromatic rings. The molecule has 0 aromatic heterocycles. The van der Waals surface area contributed by atoms with Gasteiger partial charge in [-0.2, -0.15) is 0 Å². The minimum Gasteiger partial charge on any atom is -0.378 e. The summed E-state index contributed by atoms with van der Waals surface area (Å²) in [6.45, 7) is 6.87. The van der Waals surface area contributed by atoms with Crippen molar-refractivity contribution >= 4 is 0 Å². The molecule has 16 heavy (non-hydrogen) atoms. The minimum absolute atomic E-state index is 0.460. The van der Waals surface area contributed by atoms with Crippen molar-refractivity contribution in [3.05, 3.63) is 12.7 Å². The van der Waals surface area contributed by atoms with Crippen molar-refractivity contribution in [3.63, 3.8) is 0 Å². The Balaban J connectivity index is 2.14. The standard InChI is InChI=1S/C14H27NO/c1-4-5-6-7-8-9-14(15-3)13-10-12(2)16-11-13/h4,12-15H,1,5-11H2,2-3H3. The van der Waals surface area contributed by atoms with Crippen LogP contribution in [0.3, 0.4) is 0 Å². The van der Waals surface area contributed by atoms with E-state index in [0.29, 0.717) is 12.1 Å². The van der Waals surface area contributed by atoms with Crippen molar-refractivity contribution in [1.82, 2.24) is 5.32 Å². The molecule has 0 aliphatic carbocycles. The smallest absolute Gasteiger partial charge is 0.0551 e. The van der Waals surface area contributed by atoms with Crippen LogP contribution in [0.4, 0.5) is 0 Å². The van der Waals surface area contributed by atoms with Gasteiger partial charge in [-0.05, 0) is 39.7 Å². The zero-order valence-corrected chi connectivity index (χ0v) is 10.9. The summed E-state index contributed by atoms with van der Waals surface area (Å²) in [6.07, 6.45) is 10.1. The topological polar surface area (TPSA) is 21.3 Å². The van der Waals surface area contributed by atoms with Crippen LogP contribution in [0.25, 0.3) is 0 Å². The van der Waals surface area contributed by atoms with Gasteiger partial charge in [0.15, 0.2) is 0 Å². The van der Waals surface area contributed by atoms with Crippen LogP contribution in [0.15, 0.2) is 12.7 Å². The molecule has 2 nitrogen and oxygen atoms in total. The molecular formula is C14H27NO. The Labute approximate surface area is 100 Å². The highest BCUT2D eigenvalue weighted by Crippen LogP contribution is 2.25. The second-order valence-electron chi connectivity index (χ2n) is 4.96. The van der Waals surface area contributed by atoms with Gasteiger partial charge < -0.3 is 10.1 Å². The van der Waals surface area contributed by atoms with Crippen molar-refractivity contribution in [1.29, 1.82) is 0 Å². The summed E-state index contributed by atoms with van der Waals surface area (Å²) in [7, 11) is 2.08. The third kappa shape index (κ3) is 4.67. The van der Waals surface area contributed by atoms with E-state index >= 15 is 0 Å². The lowest BCUT2D eigenvalue weighted by Gasteiger charge is -2.21. The summed E-state index contributed by atoms with van der Waals surface area (Å²) in [5.41, 5.74) is 0. The molecular weight excluding hydrogens is 198 g/mol. The first-order valence-electron chi connectivity index (χ1n) is 6.67. The fraction of sp³-hybridized carbons (Fsp3) is 0.857. The molecule has 0 saturated carbocycles. The van der Waals surface area contributed by atoms with Crippen molar-refractivity contribution in [3.8, 4) is 0 Å². The van der Waals surface area contributed by atoms with Crippen LogP contribution < -0.4 is 5.32 Å². The first-order chi connectivity index (χ1) is 7.77. The van der Waals surface area contributed by atoms with Gasteiger partial charge in [0.2, 0.25) is 0 Å². The molecule has 3 atom stereocenters. The first kappa shape index (κ1) is 13.7. The van der Waals surface area contributed by atoms with Gasteiger partial charge in [-0.15, -0.1) is 6.58 Å². The van der Waals surface area contributed by atoms with Gasteiger partial charge in [0.05, 0.1) is 12.7 Å². The molecule has 0 bridgehead atoms. The Morgan fingerprint density at radius 1 is 1.44 bits per heavy atom. The fourth-order valence-corrected chi connectivity index (χ4v) is 2.58. The molecule has 1 aliphatic heterocycles. The van der Waals surface area contributed by atoms with Gasteiger partial charge in [0.1, 0.15) is 0 Å². The quantitative estimate of drug-likeness (QED) is 0.506. The molecule has 1 N–H and O–H groups in total. The van der Waals surface area contributed by atoms with Crippen molar-refractivity contribution in [2.45, 2.75) is 57.6 Å². The lowest BCUT2D eigenvalue weighted by molar-refractivity contribution is 0.116. The Hall–Kier alpha value is -0.340. The lowest BCUT2D eigenvalue weighted by atomic mass is 9.92. The Kier molecular flexibility index (Phi) is 6.74. The van der Waals surface area contributed by atoms with E-state index in [-0.39, 0.29) is 0 Å². The molecule has 1 rings (SSSR count). The monoisotopic (exact) mass is 225 g/mol. The highest BCUT2D eigenvalue weighted by Gasteiger charge is 2.28. The normalized spacial score (nSPS) is 26.9. The highest BCUT2D eigenvalue weighted by atomic mass is 16.5. The van der Waals surface area contributed by atoms with Gasteiger partial charge in [0, 0.05) is 12.0 Å². The molecule has 0 spiro atoms. The molecule has 94 valence electrons. The largest absolute Gasteiger partial charge is 0.378 e. The first-order valence-corrected chi connectivity index (χ1v) is 6.67. The van der Waals surface area contributed by atoms with Gasteiger partial charge in [-0.25, -0.2) is 0 Å². The van der Waals surface area contributed by atoms with Gasteiger partial charge >= 0.3 is 0 Å². The van der Waals surface area contributed by atoms with Crippen molar-refractivity contribution in [2.75, 3.05) is 13.7 Å². The molecule has 0 amide bonds. The maximum Gasteiger partial charge on any atom is 0.0551 e. The number of unbranched alkanes of at least 4 members (excludes halogenated alkanes) is 3. The van der Waals surface area contributed by atoms with Crippen molar-refractivity contribution < 1.29 is 4.74 Å². The van der Waals surface area contributed by atoms with Crippen LogP contribution in [0, 0.1) is 5.92 Å². The van der Waals surface area contributed by atoms with Crippen LogP contribution in [0.2, 0.25) is 0 Å². The molecule has 3 unspecified atom stereocenters. The second kappa shape index (κ2) is 7.86. The Bertz CT molecular complexity index is 193.